The van der Waals surface area contributed by atoms with E-state index >= 15 is 0 Å². The molecule has 0 bridgehead atoms. The van der Waals surface area contributed by atoms with E-state index in [1.165, 1.54) is 22.3 Å². The molecule has 0 atom stereocenters. The molecule has 0 saturated carbocycles. The zero-order valence-corrected chi connectivity index (χ0v) is 13.3. The summed E-state index contributed by atoms with van der Waals surface area (Å²) in [5.41, 5.74) is 4.91. The van der Waals surface area contributed by atoms with Gasteiger partial charge in [0, 0.05) is 12.1 Å². The number of para-hydroxylation sites is 1. The molecule has 0 aromatic heterocycles. The molecule has 1 N–H and O–H groups in total. The normalized spacial score (nSPS) is 10.6. The van der Waals surface area contributed by atoms with E-state index in [-0.39, 0.29) is 0 Å². The minimum Gasteiger partial charge on any atom is -0.488 e. The monoisotopic (exact) mass is 283 g/mol. The molecule has 112 valence electrons. The van der Waals surface area contributed by atoms with Gasteiger partial charge in [0.2, 0.25) is 0 Å². The van der Waals surface area contributed by atoms with E-state index in [9.17, 15) is 0 Å². The number of benzene rings is 2. The average Bonchev–Trinajstić information content (AvgIpc) is 2.48. The maximum Gasteiger partial charge on any atom is 0.127 e. The van der Waals surface area contributed by atoms with Gasteiger partial charge in [-0.2, -0.15) is 0 Å². The zero-order chi connectivity index (χ0) is 15.1. The molecule has 2 rings (SSSR count). The standard InChI is InChI=1S/C19H25NO/c1-4-12-20-13-18-7-5-6-16(3)19(18)21-14-17-10-8-15(2)9-11-17/h5-11,20H,4,12-14H2,1-3H3. The Morgan fingerprint density at radius 2 is 1.76 bits per heavy atom. The van der Waals surface area contributed by atoms with Crippen LogP contribution in [0.1, 0.15) is 35.6 Å². The fourth-order valence-electron chi connectivity index (χ4n) is 2.30. The zero-order valence-electron chi connectivity index (χ0n) is 13.3. The number of hydrogen-bond acceptors (Lipinski definition) is 2. The summed E-state index contributed by atoms with van der Waals surface area (Å²) in [5.74, 6) is 1.02. The SMILES string of the molecule is CCCNCc1cccc(C)c1OCc1ccc(C)cc1. The highest BCUT2D eigenvalue weighted by atomic mass is 16.5. The molecule has 0 spiro atoms. The summed E-state index contributed by atoms with van der Waals surface area (Å²) in [7, 11) is 0. The van der Waals surface area contributed by atoms with Crippen molar-refractivity contribution >= 4 is 0 Å². The molecular formula is C19H25NO. The van der Waals surface area contributed by atoms with Gasteiger partial charge in [-0.15, -0.1) is 0 Å². The lowest BCUT2D eigenvalue weighted by molar-refractivity contribution is 0.300. The molecule has 2 heteroatoms. The molecule has 0 radical (unpaired) electrons. The fourth-order valence-corrected chi connectivity index (χ4v) is 2.30. The van der Waals surface area contributed by atoms with E-state index in [1.807, 2.05) is 0 Å². The van der Waals surface area contributed by atoms with Crippen molar-refractivity contribution in [2.45, 2.75) is 40.3 Å². The Hall–Kier alpha value is -1.80. The van der Waals surface area contributed by atoms with Crippen LogP contribution in [0.25, 0.3) is 0 Å². The molecule has 0 saturated heterocycles. The van der Waals surface area contributed by atoms with Crippen LogP contribution in [0.5, 0.6) is 5.75 Å². The van der Waals surface area contributed by atoms with Crippen LogP contribution in [0, 0.1) is 13.8 Å². The second kappa shape index (κ2) is 7.84. The van der Waals surface area contributed by atoms with Crippen molar-refractivity contribution in [3.05, 3.63) is 64.7 Å². The fraction of sp³-hybridized carbons (Fsp3) is 0.368. The summed E-state index contributed by atoms with van der Waals surface area (Å²) >= 11 is 0. The van der Waals surface area contributed by atoms with Crippen molar-refractivity contribution in [1.82, 2.24) is 5.32 Å². The van der Waals surface area contributed by atoms with Crippen LogP contribution in [0.2, 0.25) is 0 Å². The topological polar surface area (TPSA) is 21.3 Å². The largest absolute Gasteiger partial charge is 0.488 e. The summed E-state index contributed by atoms with van der Waals surface area (Å²) in [6, 6.07) is 14.8. The van der Waals surface area contributed by atoms with E-state index in [1.54, 1.807) is 0 Å². The quantitative estimate of drug-likeness (QED) is 0.761. The molecule has 0 aliphatic carbocycles. The summed E-state index contributed by atoms with van der Waals surface area (Å²) in [5, 5.41) is 3.44. The van der Waals surface area contributed by atoms with Gasteiger partial charge in [-0.25, -0.2) is 0 Å². The van der Waals surface area contributed by atoms with E-state index < -0.39 is 0 Å². The smallest absolute Gasteiger partial charge is 0.127 e. The summed E-state index contributed by atoms with van der Waals surface area (Å²) < 4.78 is 6.08. The van der Waals surface area contributed by atoms with E-state index in [0.29, 0.717) is 6.61 Å². The predicted octanol–water partition coefficient (Wildman–Crippen LogP) is 4.38. The Kier molecular flexibility index (Phi) is 5.82. The van der Waals surface area contributed by atoms with Gasteiger partial charge < -0.3 is 10.1 Å². The third-order valence-electron chi connectivity index (χ3n) is 3.54. The Morgan fingerprint density at radius 1 is 1.00 bits per heavy atom. The number of ether oxygens (including phenoxy) is 1. The molecule has 0 aliphatic rings. The maximum absolute atomic E-state index is 6.08. The number of rotatable bonds is 7. The summed E-state index contributed by atoms with van der Waals surface area (Å²) in [6.45, 7) is 8.89. The lowest BCUT2D eigenvalue weighted by Gasteiger charge is -2.15. The molecule has 2 aromatic rings. The number of aryl methyl sites for hydroxylation is 2. The molecule has 2 nitrogen and oxygen atoms in total. The second-order valence-electron chi connectivity index (χ2n) is 5.51. The first-order chi connectivity index (χ1) is 10.2. The Morgan fingerprint density at radius 3 is 2.48 bits per heavy atom. The van der Waals surface area contributed by atoms with Gasteiger partial charge in [0.15, 0.2) is 0 Å². The lowest BCUT2D eigenvalue weighted by atomic mass is 10.1. The van der Waals surface area contributed by atoms with Crippen LogP contribution in [0.3, 0.4) is 0 Å². The molecule has 0 heterocycles. The second-order valence-corrected chi connectivity index (χ2v) is 5.51. The van der Waals surface area contributed by atoms with Gasteiger partial charge in [0.05, 0.1) is 0 Å². The maximum atomic E-state index is 6.08. The molecular weight excluding hydrogens is 258 g/mol. The van der Waals surface area contributed by atoms with Crippen LogP contribution in [-0.2, 0) is 13.2 Å². The van der Waals surface area contributed by atoms with Crippen molar-refractivity contribution in [2.75, 3.05) is 6.54 Å². The first kappa shape index (κ1) is 15.6. The Labute approximate surface area is 128 Å². The van der Waals surface area contributed by atoms with Crippen LogP contribution >= 0.6 is 0 Å². The minimum absolute atomic E-state index is 0.617. The highest BCUT2D eigenvalue weighted by Crippen LogP contribution is 2.24. The molecule has 2 aromatic carbocycles. The Bertz CT molecular complexity index is 560. The van der Waals surface area contributed by atoms with Gasteiger partial charge in [-0.1, -0.05) is 55.0 Å². The highest BCUT2D eigenvalue weighted by molar-refractivity contribution is 5.41. The van der Waals surface area contributed by atoms with E-state index in [2.05, 4.69) is 68.6 Å². The van der Waals surface area contributed by atoms with Gasteiger partial charge in [-0.3, -0.25) is 0 Å². The van der Waals surface area contributed by atoms with E-state index in [0.717, 1.165) is 25.3 Å². The first-order valence-corrected chi connectivity index (χ1v) is 7.68. The average molecular weight is 283 g/mol. The minimum atomic E-state index is 0.617. The van der Waals surface area contributed by atoms with Crippen LogP contribution in [-0.4, -0.2) is 6.54 Å². The van der Waals surface area contributed by atoms with Gasteiger partial charge in [0.1, 0.15) is 12.4 Å². The first-order valence-electron chi connectivity index (χ1n) is 7.68. The summed E-state index contributed by atoms with van der Waals surface area (Å²) in [6.07, 6.45) is 1.14. The number of nitrogens with one attached hydrogen (secondary N) is 1. The molecule has 21 heavy (non-hydrogen) atoms. The van der Waals surface area contributed by atoms with Crippen molar-refractivity contribution < 1.29 is 4.74 Å². The predicted molar refractivity (Wildman–Crippen MR) is 88.7 cm³/mol. The lowest BCUT2D eigenvalue weighted by Crippen LogP contribution is -2.15. The van der Waals surface area contributed by atoms with E-state index in [4.69, 9.17) is 4.74 Å². The van der Waals surface area contributed by atoms with Crippen LogP contribution in [0.4, 0.5) is 0 Å². The van der Waals surface area contributed by atoms with Crippen molar-refractivity contribution in [2.24, 2.45) is 0 Å². The summed E-state index contributed by atoms with van der Waals surface area (Å²) in [4.78, 5) is 0. The van der Waals surface area contributed by atoms with Crippen LogP contribution in [0.15, 0.2) is 42.5 Å². The molecule has 0 aliphatic heterocycles. The number of hydrogen-bond donors (Lipinski definition) is 1. The molecule has 0 unspecified atom stereocenters. The molecule has 0 amide bonds. The van der Waals surface area contributed by atoms with Gasteiger partial charge >= 0.3 is 0 Å². The van der Waals surface area contributed by atoms with Crippen LogP contribution < -0.4 is 10.1 Å². The van der Waals surface area contributed by atoms with Crippen molar-refractivity contribution in [1.29, 1.82) is 0 Å². The Balaban J connectivity index is 2.05. The van der Waals surface area contributed by atoms with Gasteiger partial charge in [0.25, 0.3) is 0 Å². The van der Waals surface area contributed by atoms with Crippen molar-refractivity contribution in [3.63, 3.8) is 0 Å². The molecule has 0 fully saturated rings. The highest BCUT2D eigenvalue weighted by Gasteiger charge is 2.07. The third kappa shape index (κ3) is 4.61. The van der Waals surface area contributed by atoms with Crippen molar-refractivity contribution in [3.8, 4) is 5.75 Å². The van der Waals surface area contributed by atoms with Gasteiger partial charge in [-0.05, 0) is 37.9 Å². The third-order valence-corrected chi connectivity index (χ3v) is 3.54.